The fraction of sp³-hybridized carbons (Fsp3) is 0.167. The maximum Gasteiger partial charge on any atom is 0.265 e. The molecule has 0 bridgehead atoms. The van der Waals surface area contributed by atoms with Crippen molar-refractivity contribution >= 4 is 19.7 Å². The van der Waals surface area contributed by atoms with E-state index in [2.05, 4.69) is 4.98 Å². The first kappa shape index (κ1) is 9.41. The molecule has 0 unspecified atom stereocenters. The summed E-state index contributed by atoms with van der Waals surface area (Å²) >= 11 is 0. The van der Waals surface area contributed by atoms with Crippen molar-refractivity contribution in [3.63, 3.8) is 0 Å². The molecule has 0 amide bonds. The number of rotatable bonds is 1. The lowest BCUT2D eigenvalue weighted by molar-refractivity contribution is 0.542. The van der Waals surface area contributed by atoms with Crippen molar-refractivity contribution in [2.24, 2.45) is 0 Å². The number of aryl methyl sites for hydroxylation is 1. The molecular formula is C6H5ClFNO2S. The molecule has 0 fully saturated rings. The average Bonchev–Trinajstić information content (AvgIpc) is 1.92. The summed E-state index contributed by atoms with van der Waals surface area (Å²) in [6, 6.07) is 1.13. The molecule has 66 valence electrons. The van der Waals surface area contributed by atoms with Crippen molar-refractivity contribution in [1.29, 1.82) is 0 Å². The van der Waals surface area contributed by atoms with Gasteiger partial charge in [0.1, 0.15) is 4.90 Å². The Morgan fingerprint density at radius 2 is 2.17 bits per heavy atom. The number of aromatic nitrogens is 1. The summed E-state index contributed by atoms with van der Waals surface area (Å²) in [6.07, 6.45) is 1.22. The minimum absolute atomic E-state index is 0.538. The van der Waals surface area contributed by atoms with Crippen molar-refractivity contribution in [2.45, 2.75) is 11.8 Å². The molecule has 0 spiro atoms. The highest BCUT2D eigenvalue weighted by molar-refractivity contribution is 8.13. The van der Waals surface area contributed by atoms with Gasteiger partial charge in [0.05, 0.1) is 0 Å². The second kappa shape index (κ2) is 2.99. The third-order valence-electron chi connectivity index (χ3n) is 1.21. The molecule has 0 radical (unpaired) electrons. The van der Waals surface area contributed by atoms with E-state index in [4.69, 9.17) is 10.7 Å². The summed E-state index contributed by atoms with van der Waals surface area (Å²) in [5.74, 6) is -1.07. The van der Waals surface area contributed by atoms with Crippen LogP contribution in [0.4, 0.5) is 4.39 Å². The van der Waals surface area contributed by atoms with Crippen LogP contribution in [0.25, 0.3) is 0 Å². The first-order valence-electron chi connectivity index (χ1n) is 2.98. The summed E-state index contributed by atoms with van der Waals surface area (Å²) in [7, 11) is 0.907. The Hall–Kier alpha value is -0.680. The molecule has 3 nitrogen and oxygen atoms in total. The van der Waals surface area contributed by atoms with E-state index in [9.17, 15) is 12.8 Å². The Labute approximate surface area is 73.6 Å². The van der Waals surface area contributed by atoms with Crippen LogP contribution in [0.1, 0.15) is 5.56 Å². The van der Waals surface area contributed by atoms with Crippen molar-refractivity contribution in [3.8, 4) is 0 Å². The molecule has 6 heteroatoms. The van der Waals surface area contributed by atoms with Crippen LogP contribution >= 0.6 is 10.7 Å². The van der Waals surface area contributed by atoms with Crippen LogP contribution < -0.4 is 0 Å². The summed E-state index contributed by atoms with van der Waals surface area (Å²) in [6.45, 7) is 1.60. The van der Waals surface area contributed by atoms with Gasteiger partial charge in [0.25, 0.3) is 9.05 Å². The van der Waals surface area contributed by atoms with E-state index in [0.717, 1.165) is 6.07 Å². The first-order chi connectivity index (χ1) is 5.41. The molecular weight excluding hydrogens is 205 g/mol. The van der Waals surface area contributed by atoms with Crippen molar-refractivity contribution in [2.75, 3.05) is 0 Å². The van der Waals surface area contributed by atoms with Gasteiger partial charge in [-0.1, -0.05) is 0 Å². The maximum atomic E-state index is 12.7. The molecule has 0 N–H and O–H groups in total. The first-order valence-corrected chi connectivity index (χ1v) is 5.29. The van der Waals surface area contributed by atoms with Gasteiger partial charge in [-0.25, -0.2) is 13.4 Å². The monoisotopic (exact) mass is 209 g/mol. The van der Waals surface area contributed by atoms with Gasteiger partial charge in [0.15, 0.2) is 0 Å². The summed E-state index contributed by atoms with van der Waals surface area (Å²) in [5, 5.41) is 0. The number of hydrogen-bond acceptors (Lipinski definition) is 3. The quantitative estimate of drug-likeness (QED) is 0.520. The summed E-state index contributed by atoms with van der Waals surface area (Å²) < 4.78 is 34.1. The van der Waals surface area contributed by atoms with Crippen LogP contribution in [0.5, 0.6) is 0 Å². The highest BCUT2D eigenvalue weighted by Gasteiger charge is 2.16. The molecule has 12 heavy (non-hydrogen) atoms. The van der Waals surface area contributed by atoms with Gasteiger partial charge in [-0.2, -0.15) is 4.39 Å². The lowest BCUT2D eigenvalue weighted by Gasteiger charge is -1.97. The SMILES string of the molecule is Cc1cnc(F)c(S(=O)(=O)Cl)c1. The van der Waals surface area contributed by atoms with Crippen LogP contribution in [0.2, 0.25) is 0 Å². The molecule has 0 saturated carbocycles. The van der Waals surface area contributed by atoms with E-state index < -0.39 is 19.9 Å². The number of nitrogens with zero attached hydrogens (tertiary/aromatic N) is 1. The van der Waals surface area contributed by atoms with E-state index in [0.29, 0.717) is 5.56 Å². The van der Waals surface area contributed by atoms with Gasteiger partial charge in [-0.05, 0) is 18.6 Å². The van der Waals surface area contributed by atoms with E-state index in [1.165, 1.54) is 6.20 Å². The van der Waals surface area contributed by atoms with Crippen LogP contribution in [0.3, 0.4) is 0 Å². The van der Waals surface area contributed by atoms with E-state index >= 15 is 0 Å². The molecule has 1 aromatic heterocycles. The Bertz CT molecular complexity index is 404. The Kier molecular flexibility index (Phi) is 2.34. The predicted molar refractivity (Wildman–Crippen MR) is 42.0 cm³/mol. The lowest BCUT2D eigenvalue weighted by Crippen LogP contribution is -1.98. The zero-order chi connectivity index (χ0) is 9.35. The van der Waals surface area contributed by atoms with Gasteiger partial charge >= 0.3 is 0 Å². The van der Waals surface area contributed by atoms with Crippen LogP contribution in [0, 0.1) is 12.9 Å². The molecule has 1 rings (SSSR count). The van der Waals surface area contributed by atoms with Gasteiger partial charge in [-0.3, -0.25) is 0 Å². The topological polar surface area (TPSA) is 47.0 Å². The zero-order valence-corrected chi connectivity index (χ0v) is 7.66. The zero-order valence-electron chi connectivity index (χ0n) is 6.08. The number of halogens is 2. The van der Waals surface area contributed by atoms with Crippen LogP contribution in [-0.4, -0.2) is 13.4 Å². The van der Waals surface area contributed by atoms with Gasteiger partial charge in [-0.15, -0.1) is 0 Å². The standard InChI is InChI=1S/C6H5ClFNO2S/c1-4-2-5(12(7,10)11)6(8)9-3-4/h2-3H,1H3. The van der Waals surface area contributed by atoms with Crippen molar-refractivity contribution in [3.05, 3.63) is 23.8 Å². The largest absolute Gasteiger partial charge is 0.265 e. The minimum atomic E-state index is -4.02. The molecule has 1 heterocycles. The minimum Gasteiger partial charge on any atom is -0.227 e. The van der Waals surface area contributed by atoms with Gasteiger partial charge < -0.3 is 0 Å². The summed E-state index contributed by atoms with van der Waals surface area (Å²) in [5.41, 5.74) is 0.538. The molecule has 0 saturated heterocycles. The normalized spacial score (nSPS) is 11.6. The summed E-state index contributed by atoms with van der Waals surface area (Å²) in [4.78, 5) is 2.64. The number of hydrogen-bond donors (Lipinski definition) is 0. The third kappa shape index (κ3) is 1.92. The maximum absolute atomic E-state index is 12.7. The highest BCUT2D eigenvalue weighted by atomic mass is 35.7. The third-order valence-corrected chi connectivity index (χ3v) is 2.52. The second-order valence-electron chi connectivity index (χ2n) is 2.24. The Morgan fingerprint density at radius 3 is 2.58 bits per heavy atom. The molecule has 1 aromatic rings. The molecule has 0 atom stereocenters. The molecule has 0 aliphatic carbocycles. The van der Waals surface area contributed by atoms with E-state index in [1.807, 2.05) is 0 Å². The van der Waals surface area contributed by atoms with Crippen LogP contribution in [-0.2, 0) is 9.05 Å². The predicted octanol–water partition coefficient (Wildman–Crippen LogP) is 1.46. The second-order valence-corrected chi connectivity index (χ2v) is 4.77. The Balaban J connectivity index is 3.43. The van der Waals surface area contributed by atoms with Crippen molar-refractivity contribution in [1.82, 2.24) is 4.98 Å². The molecule has 0 aliphatic heterocycles. The van der Waals surface area contributed by atoms with Crippen molar-refractivity contribution < 1.29 is 12.8 Å². The fourth-order valence-electron chi connectivity index (χ4n) is 0.697. The van der Waals surface area contributed by atoms with Gasteiger partial charge in [0.2, 0.25) is 5.95 Å². The highest BCUT2D eigenvalue weighted by Crippen LogP contribution is 2.17. The van der Waals surface area contributed by atoms with E-state index in [1.54, 1.807) is 6.92 Å². The Morgan fingerprint density at radius 1 is 1.58 bits per heavy atom. The van der Waals surface area contributed by atoms with E-state index in [-0.39, 0.29) is 0 Å². The molecule has 0 aromatic carbocycles. The lowest BCUT2D eigenvalue weighted by atomic mass is 10.3. The fourth-order valence-corrected chi connectivity index (χ4v) is 1.60. The average molecular weight is 210 g/mol. The number of pyridine rings is 1. The molecule has 0 aliphatic rings. The smallest absolute Gasteiger partial charge is 0.227 e. The van der Waals surface area contributed by atoms with Gasteiger partial charge in [0, 0.05) is 16.9 Å². The van der Waals surface area contributed by atoms with Crippen LogP contribution in [0.15, 0.2) is 17.2 Å².